The van der Waals surface area contributed by atoms with Crippen LogP contribution in [0, 0.1) is 0 Å². The van der Waals surface area contributed by atoms with E-state index in [4.69, 9.17) is 23.7 Å². The number of nitrogens with zero attached hydrogens (tertiary/aromatic N) is 1. The molecule has 0 aliphatic carbocycles. The molecule has 236 valence electrons. The van der Waals surface area contributed by atoms with Crippen molar-refractivity contribution in [1.82, 2.24) is 10.2 Å². The van der Waals surface area contributed by atoms with Gasteiger partial charge in [0.05, 0.1) is 38.7 Å². The van der Waals surface area contributed by atoms with Gasteiger partial charge in [0.2, 0.25) is 0 Å². The van der Waals surface area contributed by atoms with Crippen LogP contribution in [0.4, 0.5) is 0 Å². The first-order valence-corrected chi connectivity index (χ1v) is 15.5. The molecule has 1 N–H and O–H groups in total. The number of aromatic nitrogens is 2. The lowest BCUT2D eigenvalue weighted by Gasteiger charge is -2.46. The summed E-state index contributed by atoms with van der Waals surface area (Å²) in [6.45, 7) is 1.66. The summed E-state index contributed by atoms with van der Waals surface area (Å²) >= 11 is 0. The average molecular weight is 619 g/mol. The summed E-state index contributed by atoms with van der Waals surface area (Å²) in [6, 6.07) is 43.1. The summed E-state index contributed by atoms with van der Waals surface area (Å²) in [7, 11) is 0. The fourth-order valence-electron chi connectivity index (χ4n) is 5.54. The van der Waals surface area contributed by atoms with E-state index in [1.165, 1.54) is 6.07 Å². The minimum atomic E-state index is -0.678. The molecule has 1 aromatic heterocycles. The number of hydrogen-bond donors (Lipinski definition) is 1. The highest BCUT2D eigenvalue weighted by Gasteiger charge is 2.49. The lowest BCUT2D eigenvalue weighted by atomic mass is 9.92. The molecule has 4 aromatic carbocycles. The van der Waals surface area contributed by atoms with Crippen molar-refractivity contribution in [3.63, 3.8) is 0 Å². The second-order valence-electron chi connectivity index (χ2n) is 11.2. The van der Waals surface area contributed by atoms with Crippen molar-refractivity contribution in [2.75, 3.05) is 6.61 Å². The van der Waals surface area contributed by atoms with Crippen molar-refractivity contribution in [3.05, 3.63) is 172 Å². The number of ether oxygens (including phenoxy) is 5. The lowest BCUT2D eigenvalue weighted by Crippen LogP contribution is -2.58. The average Bonchev–Trinajstić information content (AvgIpc) is 3.11. The Kier molecular flexibility index (Phi) is 11.1. The van der Waals surface area contributed by atoms with Gasteiger partial charge in [0, 0.05) is 6.07 Å². The first-order valence-electron chi connectivity index (χ1n) is 15.5. The second kappa shape index (κ2) is 16.2. The number of benzene rings is 4. The standard InChI is InChI=1S/C38H38N2O6/c41-34-22-21-32(39-40-34)35-37(44-25-30-17-9-3-10-18-30)38(45-26-31-19-11-4-12-20-31)36(43-24-29-15-7-2-8-16-29)33(46-35)27-42-23-28-13-5-1-6-14-28/h1-22,33,35-38H,23-27H2,(H,40,41)/t33-,35+,36-,37+,38+/m1/s1. The maximum absolute atomic E-state index is 12.0. The number of H-pyrrole nitrogens is 1. The highest BCUT2D eigenvalue weighted by atomic mass is 16.6. The highest BCUT2D eigenvalue weighted by molar-refractivity contribution is 5.18. The topological polar surface area (TPSA) is 91.9 Å². The summed E-state index contributed by atoms with van der Waals surface area (Å²) in [5, 5.41) is 6.92. The van der Waals surface area contributed by atoms with Crippen LogP contribution in [0.15, 0.2) is 138 Å². The minimum absolute atomic E-state index is 0.241. The predicted molar refractivity (Wildman–Crippen MR) is 174 cm³/mol. The van der Waals surface area contributed by atoms with Gasteiger partial charge in [0.1, 0.15) is 30.5 Å². The fraction of sp³-hybridized carbons (Fsp3) is 0.263. The molecule has 2 heterocycles. The first-order chi connectivity index (χ1) is 22.7. The molecule has 8 heteroatoms. The molecule has 1 fully saturated rings. The zero-order valence-corrected chi connectivity index (χ0v) is 25.5. The fourth-order valence-corrected chi connectivity index (χ4v) is 5.54. The maximum Gasteiger partial charge on any atom is 0.264 e. The summed E-state index contributed by atoms with van der Waals surface area (Å²) in [6.07, 6.45) is -2.98. The third-order valence-corrected chi connectivity index (χ3v) is 7.88. The number of nitrogens with one attached hydrogen (secondary N) is 1. The molecule has 8 nitrogen and oxygen atoms in total. The van der Waals surface area contributed by atoms with E-state index in [0.717, 1.165) is 22.3 Å². The van der Waals surface area contributed by atoms with E-state index in [1.54, 1.807) is 6.07 Å². The van der Waals surface area contributed by atoms with Gasteiger partial charge in [0.15, 0.2) is 0 Å². The molecule has 0 unspecified atom stereocenters. The van der Waals surface area contributed by atoms with Gasteiger partial charge in [-0.15, -0.1) is 0 Å². The molecule has 0 amide bonds. The lowest BCUT2D eigenvalue weighted by molar-refractivity contribution is -0.275. The number of aromatic amines is 1. The van der Waals surface area contributed by atoms with Gasteiger partial charge in [-0.1, -0.05) is 121 Å². The van der Waals surface area contributed by atoms with E-state index >= 15 is 0 Å². The van der Waals surface area contributed by atoms with E-state index in [0.29, 0.717) is 32.1 Å². The molecule has 0 radical (unpaired) electrons. The van der Waals surface area contributed by atoms with Crippen molar-refractivity contribution < 1.29 is 23.7 Å². The van der Waals surface area contributed by atoms with Crippen LogP contribution in [0.5, 0.6) is 0 Å². The Morgan fingerprint density at radius 1 is 0.543 bits per heavy atom. The zero-order valence-electron chi connectivity index (χ0n) is 25.5. The van der Waals surface area contributed by atoms with Crippen LogP contribution in [0.1, 0.15) is 34.1 Å². The molecule has 0 saturated carbocycles. The van der Waals surface area contributed by atoms with Crippen LogP contribution < -0.4 is 5.56 Å². The van der Waals surface area contributed by atoms with Crippen molar-refractivity contribution >= 4 is 0 Å². The molecule has 6 rings (SSSR count). The van der Waals surface area contributed by atoms with Crippen molar-refractivity contribution in [2.45, 2.75) is 56.9 Å². The molecule has 1 aliphatic rings. The molecule has 46 heavy (non-hydrogen) atoms. The normalized spacial score (nSPS) is 21.2. The van der Waals surface area contributed by atoms with Crippen molar-refractivity contribution in [3.8, 4) is 0 Å². The van der Waals surface area contributed by atoms with Crippen LogP contribution in [0.3, 0.4) is 0 Å². The van der Waals surface area contributed by atoms with Crippen LogP contribution in [-0.2, 0) is 50.1 Å². The van der Waals surface area contributed by atoms with Gasteiger partial charge >= 0.3 is 0 Å². The van der Waals surface area contributed by atoms with E-state index in [2.05, 4.69) is 10.2 Å². The third-order valence-electron chi connectivity index (χ3n) is 7.88. The molecular weight excluding hydrogens is 580 g/mol. The number of hydrogen-bond acceptors (Lipinski definition) is 7. The molecule has 1 saturated heterocycles. The second-order valence-corrected chi connectivity index (χ2v) is 11.2. The number of rotatable bonds is 14. The first kappa shape index (κ1) is 31.5. The van der Waals surface area contributed by atoms with Crippen LogP contribution in [0.2, 0.25) is 0 Å². The van der Waals surface area contributed by atoms with Gasteiger partial charge in [-0.05, 0) is 28.3 Å². The van der Waals surface area contributed by atoms with Gasteiger partial charge in [-0.25, -0.2) is 5.10 Å². The molecular formula is C38H38N2O6. The van der Waals surface area contributed by atoms with Crippen LogP contribution in [0.25, 0.3) is 0 Å². The van der Waals surface area contributed by atoms with E-state index < -0.39 is 30.5 Å². The largest absolute Gasteiger partial charge is 0.374 e. The molecule has 1 aliphatic heterocycles. The quantitative estimate of drug-likeness (QED) is 0.159. The highest BCUT2D eigenvalue weighted by Crippen LogP contribution is 2.37. The summed E-state index contributed by atoms with van der Waals surface area (Å²) in [5.74, 6) is 0. The smallest absolute Gasteiger partial charge is 0.264 e. The Bertz CT molecular complexity index is 1630. The Balaban J connectivity index is 1.34. The Morgan fingerprint density at radius 3 is 1.48 bits per heavy atom. The van der Waals surface area contributed by atoms with Crippen molar-refractivity contribution in [2.24, 2.45) is 0 Å². The predicted octanol–water partition coefficient (Wildman–Crippen LogP) is 6.18. The Hall–Kier alpha value is -4.44. The summed E-state index contributed by atoms with van der Waals surface area (Å²) < 4.78 is 33.1. The van der Waals surface area contributed by atoms with Crippen LogP contribution in [-0.4, -0.2) is 41.2 Å². The third kappa shape index (κ3) is 8.63. The Labute approximate surface area is 268 Å². The molecule has 0 spiro atoms. The summed E-state index contributed by atoms with van der Waals surface area (Å²) in [5.41, 5.74) is 4.34. The van der Waals surface area contributed by atoms with Gasteiger partial charge in [-0.2, -0.15) is 5.10 Å². The molecule has 5 aromatic rings. The van der Waals surface area contributed by atoms with Crippen molar-refractivity contribution in [1.29, 1.82) is 0 Å². The van der Waals surface area contributed by atoms with Gasteiger partial charge in [0.25, 0.3) is 5.56 Å². The van der Waals surface area contributed by atoms with E-state index in [9.17, 15) is 4.79 Å². The van der Waals surface area contributed by atoms with E-state index in [1.807, 2.05) is 121 Å². The maximum atomic E-state index is 12.0. The monoisotopic (exact) mass is 618 g/mol. The van der Waals surface area contributed by atoms with E-state index in [-0.39, 0.29) is 12.2 Å². The molecule has 5 atom stereocenters. The zero-order chi connectivity index (χ0) is 31.4. The minimum Gasteiger partial charge on any atom is -0.374 e. The molecule has 0 bridgehead atoms. The Morgan fingerprint density at radius 2 is 1.00 bits per heavy atom. The van der Waals surface area contributed by atoms with Gasteiger partial charge < -0.3 is 23.7 Å². The summed E-state index contributed by atoms with van der Waals surface area (Å²) in [4.78, 5) is 12.0. The van der Waals surface area contributed by atoms with Crippen LogP contribution >= 0.6 is 0 Å². The van der Waals surface area contributed by atoms with Gasteiger partial charge in [-0.3, -0.25) is 4.79 Å². The SMILES string of the molecule is O=c1ccc([C@@H]2O[C@H](COCc3ccccc3)[C@@H](OCc3ccccc3)[C@H](OCc3ccccc3)[C@H]2OCc2ccccc2)n[nH]1.